The maximum atomic E-state index is 10.5. The number of hydrogen-bond donors (Lipinski definition) is 4. The van der Waals surface area contributed by atoms with Gasteiger partial charge in [-0.05, 0) is 17.7 Å². The van der Waals surface area contributed by atoms with Crippen LogP contribution < -0.4 is 34.3 Å². The van der Waals surface area contributed by atoms with E-state index in [0.29, 0.717) is 21.7 Å². The highest BCUT2D eigenvalue weighted by atomic mass is 35.5. The third kappa shape index (κ3) is 23.7. The molecule has 0 amide bonds. The predicted octanol–water partition coefficient (Wildman–Crippen LogP) is 7.07. The molecule has 0 unspecified atom stereocenters. The van der Waals surface area contributed by atoms with Crippen molar-refractivity contribution in [3.63, 3.8) is 0 Å². The van der Waals surface area contributed by atoms with Crippen LogP contribution in [0.5, 0.6) is 0 Å². The Morgan fingerprint density at radius 2 is 1.08 bits per heavy atom. The lowest BCUT2D eigenvalue weighted by Gasteiger charge is -2.02. The molecule has 0 saturated carbocycles. The van der Waals surface area contributed by atoms with Gasteiger partial charge in [0.05, 0.1) is 61.5 Å². The molecule has 0 fully saturated rings. The zero-order valence-corrected chi connectivity index (χ0v) is 43.5. The lowest BCUT2D eigenvalue weighted by atomic mass is 10.3. The van der Waals surface area contributed by atoms with Gasteiger partial charge < -0.3 is 38.3 Å². The Balaban J connectivity index is 0.000000811. The van der Waals surface area contributed by atoms with E-state index in [0.717, 1.165) is 47.6 Å². The van der Waals surface area contributed by atoms with Gasteiger partial charge in [0.15, 0.2) is 0 Å². The summed E-state index contributed by atoms with van der Waals surface area (Å²) in [4.78, 5) is 73.5. The van der Waals surface area contributed by atoms with Gasteiger partial charge in [0.25, 0.3) is 0 Å². The van der Waals surface area contributed by atoms with Crippen LogP contribution in [0.1, 0.15) is 0 Å². The van der Waals surface area contributed by atoms with Gasteiger partial charge in [-0.15, -0.1) is 0 Å². The molecule has 0 saturated heterocycles. The van der Waals surface area contributed by atoms with Gasteiger partial charge in [-0.3, -0.25) is 50.2 Å². The van der Waals surface area contributed by atoms with Gasteiger partial charge in [0.2, 0.25) is 11.2 Å². The molecular formula is C37H35Cl9N16O9. The van der Waals surface area contributed by atoms with Gasteiger partial charge in [0, 0.05) is 57.7 Å². The number of H-pyrrole nitrogens is 1. The van der Waals surface area contributed by atoms with Crippen LogP contribution in [0.3, 0.4) is 0 Å². The largest absolute Gasteiger partial charge is 1.00 e. The minimum Gasteiger partial charge on any atom is -1.00 e. The third-order valence-electron chi connectivity index (χ3n) is 7.25. The van der Waals surface area contributed by atoms with Gasteiger partial charge in [0.1, 0.15) is 79.6 Å². The number of nitrogen functional groups attached to an aromatic ring is 1. The highest BCUT2D eigenvalue weighted by molar-refractivity contribution is 6.54. The molecule has 0 aliphatic heterocycles. The molecule has 0 radical (unpaired) electrons. The Morgan fingerprint density at radius 1 is 0.634 bits per heavy atom. The van der Waals surface area contributed by atoms with Crippen LogP contribution in [0.15, 0.2) is 90.9 Å². The van der Waals surface area contributed by atoms with Crippen LogP contribution in [0.25, 0.3) is 11.0 Å². The van der Waals surface area contributed by atoms with E-state index in [1.807, 2.05) is 25.7 Å². The van der Waals surface area contributed by atoms with E-state index in [2.05, 4.69) is 45.5 Å². The lowest BCUT2D eigenvalue weighted by Crippen LogP contribution is -3.00. The van der Waals surface area contributed by atoms with E-state index >= 15 is 0 Å². The molecule has 0 aliphatic rings. The number of fused-ring (bicyclic) bond motifs is 1. The van der Waals surface area contributed by atoms with E-state index in [1.54, 1.807) is 43.3 Å². The maximum Gasteiger partial charge on any atom is 0.310 e. The summed E-state index contributed by atoms with van der Waals surface area (Å²) in [6.07, 6.45) is 10.5. The minimum absolute atomic E-state index is 0. The molecule has 25 nitrogen and oxygen atoms in total. The van der Waals surface area contributed by atoms with Gasteiger partial charge in [-0.25, -0.2) is 29.5 Å². The molecule has 0 aliphatic carbocycles. The lowest BCUT2D eigenvalue weighted by molar-refractivity contribution is -0.457. The van der Waals surface area contributed by atoms with Crippen molar-refractivity contribution >= 4 is 149 Å². The Hall–Kier alpha value is -6.55. The van der Waals surface area contributed by atoms with E-state index in [-0.39, 0.29) is 60.5 Å². The second-order valence-corrected chi connectivity index (χ2v) is 15.3. The van der Waals surface area contributed by atoms with Gasteiger partial charge in [-0.2, -0.15) is 0 Å². The first-order chi connectivity index (χ1) is 32.9. The summed E-state index contributed by atoms with van der Waals surface area (Å²) in [6.45, 7) is 0. The van der Waals surface area contributed by atoms with E-state index < -0.39 is 25.3 Å². The Morgan fingerprint density at radius 3 is 1.54 bits per heavy atom. The van der Waals surface area contributed by atoms with Gasteiger partial charge >= 0.3 is 22.7 Å². The monoisotopic (exact) mass is 1160 g/mol. The molecule has 7 aromatic heterocycles. The van der Waals surface area contributed by atoms with Crippen LogP contribution in [-0.2, 0) is 7.05 Å². The minimum atomic E-state index is -0.668. The standard InChI is InChI=1S/C7H6ClN3.C6H6ClN3O2.C6H8ClN3.C5H2Cl2N2O2.C5H3ClN2O3.C5H3ClN2O2.C3H7ClN.ClH/c1-11-4-10-5-3-9-7(8)2-6(5)11;1-8-4-2-6(7)9-3-5(4)10(11)12;1-9-5-2-6(7)10-3-4(5)8;6-3-1-5(7)8-2-4(3)9(10)11;6-3-1-5(9)7-2-4(3)8(10)11;6-4-1-2-7-3-5(4)8(9)10;1-5(2)3-4;/h2-4H,1H3;2-3H,1H3,(H,8,9);2-3H,8H2,1H3,(H,9,10);1-2H;1-2H,(H,7,9);1-3H;3H,1-2H3;1H/q;;;;;;+1;/p-1. The predicted molar refractivity (Wildman–Crippen MR) is 272 cm³/mol. The molecule has 34 heteroatoms. The highest BCUT2D eigenvalue weighted by Crippen LogP contribution is 2.26. The van der Waals surface area contributed by atoms with Crippen LogP contribution in [0, 0.1) is 40.5 Å². The van der Waals surface area contributed by atoms with Crippen molar-refractivity contribution in [3.05, 3.63) is 173 Å². The van der Waals surface area contributed by atoms with E-state index in [1.165, 1.54) is 36.3 Å². The Kier molecular flexibility index (Phi) is 30.1. The number of hydrogen-bond acceptors (Lipinski definition) is 18. The van der Waals surface area contributed by atoms with Crippen molar-refractivity contribution in [1.82, 2.24) is 39.5 Å². The number of aromatic nitrogens is 8. The number of aryl methyl sites for hydroxylation is 1. The van der Waals surface area contributed by atoms with Gasteiger partial charge in [-0.1, -0.05) is 81.2 Å². The van der Waals surface area contributed by atoms with Crippen molar-refractivity contribution in [2.45, 2.75) is 0 Å². The summed E-state index contributed by atoms with van der Waals surface area (Å²) in [5, 5.41) is 47.6. The number of nitrogens with one attached hydrogen (secondary N) is 3. The number of pyridine rings is 6. The van der Waals surface area contributed by atoms with Crippen LogP contribution in [0.4, 0.5) is 39.8 Å². The first-order valence-electron chi connectivity index (χ1n) is 18.2. The van der Waals surface area contributed by atoms with Crippen LogP contribution in [-0.4, -0.2) is 97.6 Å². The fourth-order valence-electron chi connectivity index (χ4n) is 4.05. The molecule has 5 N–H and O–H groups in total. The second-order valence-electron chi connectivity index (χ2n) is 12.4. The summed E-state index contributed by atoms with van der Waals surface area (Å²) in [7, 11) is 9.02. The fourth-order valence-corrected chi connectivity index (χ4v) is 5.35. The number of halogens is 9. The zero-order chi connectivity index (χ0) is 53.2. The number of nitro groups is 4. The fraction of sp³-hybridized carbons (Fsp3) is 0.135. The molecule has 71 heavy (non-hydrogen) atoms. The number of anilines is 3. The van der Waals surface area contributed by atoms with Crippen molar-refractivity contribution in [2.75, 3.05) is 44.6 Å². The molecule has 0 atom stereocenters. The van der Waals surface area contributed by atoms with E-state index in [4.69, 9.17) is 98.5 Å². The first-order valence-corrected chi connectivity index (χ1v) is 21.3. The maximum absolute atomic E-state index is 10.5. The Labute approximate surface area is 446 Å². The molecule has 0 spiro atoms. The van der Waals surface area contributed by atoms with Crippen LogP contribution >= 0.6 is 92.8 Å². The van der Waals surface area contributed by atoms with Crippen molar-refractivity contribution in [3.8, 4) is 0 Å². The molecule has 7 aromatic rings. The summed E-state index contributed by atoms with van der Waals surface area (Å²) >= 11 is 43.6. The average molecular weight is 1170 g/mol. The first kappa shape index (κ1) is 64.5. The summed E-state index contributed by atoms with van der Waals surface area (Å²) in [6, 6.07) is 8.43. The van der Waals surface area contributed by atoms with E-state index in [9.17, 15) is 45.3 Å². The number of nitrogens with zero attached hydrogens (tertiary/aromatic N) is 12. The average Bonchev–Trinajstić information content (AvgIpc) is 3.66. The molecular weight excluding hydrogens is 1130 g/mol. The molecule has 7 rings (SSSR count). The van der Waals surface area contributed by atoms with Crippen molar-refractivity contribution < 1.29 is 36.7 Å². The number of nitrogens with two attached hydrogens (primary N) is 1. The SMILES string of the molecule is CNc1cc(Cl)ncc1N.CNc1cc(Cl)ncc1[N+](=O)[O-].C[N+](C)=CCl.Cn1cnc2cnc(Cl)cc21.O=[N+]([O-])c1cnc(Cl)cc1Cl.O=[N+]([O-])c1cnccc1Cl.O=c1cc(Cl)c([N+](=O)[O-])c[nH]1.[Cl-]. The van der Waals surface area contributed by atoms with Crippen LogP contribution in [0.2, 0.25) is 35.7 Å². The topological polar surface area (TPSA) is 341 Å². The number of aromatic amines is 1. The molecule has 380 valence electrons. The normalized spacial score (nSPS) is 9.37. The summed E-state index contributed by atoms with van der Waals surface area (Å²) < 4.78 is 3.67. The summed E-state index contributed by atoms with van der Waals surface area (Å²) in [5.41, 5.74) is 9.39. The second kappa shape index (κ2) is 33.1. The van der Waals surface area contributed by atoms with Crippen molar-refractivity contribution in [2.24, 2.45) is 7.05 Å². The quantitative estimate of drug-likeness (QED) is 0.0425. The molecule has 7 heterocycles. The number of rotatable bonds is 6. The molecule has 0 bridgehead atoms. The smallest absolute Gasteiger partial charge is 0.310 e. The highest BCUT2D eigenvalue weighted by Gasteiger charge is 2.14. The zero-order valence-electron chi connectivity index (χ0n) is 36.7. The number of imidazole rings is 1. The van der Waals surface area contributed by atoms with Crippen molar-refractivity contribution in [1.29, 1.82) is 0 Å². The third-order valence-corrected chi connectivity index (χ3v) is 9.40. The molecule has 0 aromatic carbocycles. The Bertz CT molecular complexity index is 2990. The summed E-state index contributed by atoms with van der Waals surface area (Å²) in [5.74, 6) is 0.